The van der Waals surface area contributed by atoms with E-state index < -0.39 is 0 Å². The monoisotopic (exact) mass is 309 g/mol. The van der Waals surface area contributed by atoms with Crippen molar-refractivity contribution in [2.24, 2.45) is 0 Å². The molecule has 4 heteroatoms. The van der Waals surface area contributed by atoms with E-state index in [-0.39, 0.29) is 11.3 Å². The molecule has 4 nitrogen and oxygen atoms in total. The quantitative estimate of drug-likeness (QED) is 0.937. The maximum Gasteiger partial charge on any atom is 0.226 e. The highest BCUT2D eigenvalue weighted by Gasteiger charge is 2.24. The number of fused-ring (bicyclic) bond motifs is 1. The Bertz CT molecular complexity index is 701. The normalized spacial score (nSPS) is 16.9. The highest BCUT2D eigenvalue weighted by Crippen LogP contribution is 2.35. The number of aryl methyl sites for hydroxylation is 1. The standard InChI is InChI=1S/C19H23N3O/c1-19(2,3)16-10-11-17(22-21-16)20-18(23)12-14-9-8-13-6-4-5-7-15(13)14/h4-7,10-11,14H,8-9,12H2,1-3H3,(H,20,22,23). The van der Waals surface area contributed by atoms with Crippen LogP contribution in [-0.4, -0.2) is 16.1 Å². The molecule has 120 valence electrons. The summed E-state index contributed by atoms with van der Waals surface area (Å²) in [5, 5.41) is 11.2. The number of benzene rings is 1. The van der Waals surface area contributed by atoms with Gasteiger partial charge in [-0.15, -0.1) is 5.10 Å². The molecule has 0 spiro atoms. The maximum atomic E-state index is 12.3. The second kappa shape index (κ2) is 6.11. The molecule has 1 aromatic carbocycles. The van der Waals surface area contributed by atoms with E-state index in [2.05, 4.69) is 54.5 Å². The number of carbonyl (C=O) groups is 1. The molecular formula is C19H23N3O. The van der Waals surface area contributed by atoms with Gasteiger partial charge in [0.25, 0.3) is 0 Å². The Morgan fingerprint density at radius 2 is 1.96 bits per heavy atom. The zero-order chi connectivity index (χ0) is 16.4. The third-order valence-corrected chi connectivity index (χ3v) is 4.39. The number of hydrogen-bond acceptors (Lipinski definition) is 3. The molecule has 1 atom stereocenters. The predicted octanol–water partition coefficient (Wildman–Crippen LogP) is 3.83. The van der Waals surface area contributed by atoms with E-state index in [1.54, 1.807) is 0 Å². The van der Waals surface area contributed by atoms with Crippen molar-refractivity contribution in [2.75, 3.05) is 5.32 Å². The highest BCUT2D eigenvalue weighted by molar-refractivity contribution is 5.90. The largest absolute Gasteiger partial charge is 0.309 e. The molecule has 0 bridgehead atoms. The van der Waals surface area contributed by atoms with E-state index in [0.717, 1.165) is 18.5 Å². The first-order valence-electron chi connectivity index (χ1n) is 8.15. The Morgan fingerprint density at radius 3 is 2.65 bits per heavy atom. The van der Waals surface area contributed by atoms with E-state index in [4.69, 9.17) is 0 Å². The molecule has 1 heterocycles. The minimum absolute atomic E-state index is 0.00418. The van der Waals surface area contributed by atoms with Crippen LogP contribution >= 0.6 is 0 Å². The second-order valence-electron chi connectivity index (χ2n) is 7.24. The van der Waals surface area contributed by atoms with E-state index in [1.807, 2.05) is 18.2 Å². The van der Waals surface area contributed by atoms with Crippen LogP contribution in [0, 0.1) is 0 Å². The van der Waals surface area contributed by atoms with Crippen molar-refractivity contribution in [3.63, 3.8) is 0 Å². The highest BCUT2D eigenvalue weighted by atomic mass is 16.1. The summed E-state index contributed by atoms with van der Waals surface area (Å²) in [6.45, 7) is 6.27. The fourth-order valence-electron chi connectivity index (χ4n) is 3.07. The molecule has 0 radical (unpaired) electrons. The summed E-state index contributed by atoms with van der Waals surface area (Å²) >= 11 is 0. The van der Waals surface area contributed by atoms with Gasteiger partial charge in [-0.3, -0.25) is 4.79 Å². The van der Waals surface area contributed by atoms with Crippen molar-refractivity contribution < 1.29 is 4.79 Å². The van der Waals surface area contributed by atoms with Crippen LogP contribution in [0.2, 0.25) is 0 Å². The summed E-state index contributed by atoms with van der Waals surface area (Å²) in [7, 11) is 0. The molecule has 0 fully saturated rings. The first-order valence-corrected chi connectivity index (χ1v) is 8.15. The zero-order valence-corrected chi connectivity index (χ0v) is 14.0. The molecule has 1 aliphatic carbocycles. The Morgan fingerprint density at radius 1 is 1.17 bits per heavy atom. The Balaban J connectivity index is 1.62. The summed E-state index contributed by atoms with van der Waals surface area (Å²) in [5.41, 5.74) is 3.57. The molecule has 3 rings (SSSR count). The molecule has 1 aromatic heterocycles. The van der Waals surface area contributed by atoms with Gasteiger partial charge in [-0.25, -0.2) is 0 Å². The van der Waals surface area contributed by atoms with Crippen LogP contribution in [0.1, 0.15) is 56.4 Å². The SMILES string of the molecule is CC(C)(C)c1ccc(NC(=O)CC2CCc3ccccc32)nn1. The lowest BCUT2D eigenvalue weighted by Crippen LogP contribution is -2.18. The van der Waals surface area contributed by atoms with Crippen LogP contribution < -0.4 is 5.32 Å². The van der Waals surface area contributed by atoms with Crippen molar-refractivity contribution in [1.29, 1.82) is 0 Å². The molecular weight excluding hydrogens is 286 g/mol. The van der Waals surface area contributed by atoms with Gasteiger partial charge in [0, 0.05) is 11.8 Å². The lowest BCUT2D eigenvalue weighted by atomic mass is 9.92. The molecule has 2 aromatic rings. The van der Waals surface area contributed by atoms with Gasteiger partial charge in [-0.1, -0.05) is 45.0 Å². The van der Waals surface area contributed by atoms with Crippen molar-refractivity contribution in [2.45, 2.75) is 51.4 Å². The summed E-state index contributed by atoms with van der Waals surface area (Å²) in [6.07, 6.45) is 2.61. The Labute approximate surface area is 137 Å². The third-order valence-electron chi connectivity index (χ3n) is 4.39. The Hall–Kier alpha value is -2.23. The van der Waals surface area contributed by atoms with E-state index in [1.165, 1.54) is 11.1 Å². The average molecular weight is 309 g/mol. The molecule has 0 saturated carbocycles. The second-order valence-corrected chi connectivity index (χ2v) is 7.24. The number of carbonyl (C=O) groups excluding carboxylic acids is 1. The maximum absolute atomic E-state index is 12.3. The first-order chi connectivity index (χ1) is 10.9. The van der Waals surface area contributed by atoms with E-state index in [9.17, 15) is 4.79 Å². The van der Waals surface area contributed by atoms with Crippen molar-refractivity contribution >= 4 is 11.7 Å². The topological polar surface area (TPSA) is 54.9 Å². The van der Waals surface area contributed by atoms with Gasteiger partial charge >= 0.3 is 0 Å². The van der Waals surface area contributed by atoms with Crippen LogP contribution in [0.5, 0.6) is 0 Å². The minimum Gasteiger partial charge on any atom is -0.309 e. The summed E-state index contributed by atoms with van der Waals surface area (Å²) < 4.78 is 0. The summed E-state index contributed by atoms with van der Waals surface area (Å²) in [4.78, 5) is 12.3. The van der Waals surface area contributed by atoms with E-state index in [0.29, 0.717) is 18.2 Å². The first kappa shape index (κ1) is 15.7. The number of rotatable bonds is 3. The van der Waals surface area contributed by atoms with Crippen molar-refractivity contribution in [3.8, 4) is 0 Å². The van der Waals surface area contributed by atoms with Gasteiger partial charge in [0.15, 0.2) is 5.82 Å². The lowest BCUT2D eigenvalue weighted by molar-refractivity contribution is -0.116. The van der Waals surface area contributed by atoms with Crippen molar-refractivity contribution in [1.82, 2.24) is 10.2 Å². The zero-order valence-electron chi connectivity index (χ0n) is 14.0. The van der Waals surface area contributed by atoms with Gasteiger partial charge in [-0.2, -0.15) is 5.10 Å². The third kappa shape index (κ3) is 3.58. The number of aromatic nitrogens is 2. The van der Waals surface area contributed by atoms with Gasteiger partial charge in [0.1, 0.15) is 0 Å². The molecule has 0 saturated heterocycles. The van der Waals surface area contributed by atoms with Gasteiger partial charge < -0.3 is 5.32 Å². The van der Waals surface area contributed by atoms with Gasteiger partial charge in [0.05, 0.1) is 5.69 Å². The van der Waals surface area contributed by atoms with Gasteiger partial charge in [-0.05, 0) is 42.0 Å². The fraction of sp³-hybridized carbons (Fsp3) is 0.421. The molecule has 1 aliphatic rings. The summed E-state index contributed by atoms with van der Waals surface area (Å²) in [5.74, 6) is 0.840. The smallest absolute Gasteiger partial charge is 0.226 e. The number of nitrogens with one attached hydrogen (secondary N) is 1. The number of anilines is 1. The van der Waals surface area contributed by atoms with Crippen molar-refractivity contribution in [3.05, 3.63) is 53.2 Å². The van der Waals surface area contributed by atoms with E-state index >= 15 is 0 Å². The van der Waals surface area contributed by atoms with Gasteiger partial charge in [0.2, 0.25) is 5.91 Å². The van der Waals surface area contributed by atoms with Crippen LogP contribution in [-0.2, 0) is 16.6 Å². The molecule has 1 N–H and O–H groups in total. The van der Waals surface area contributed by atoms with Crippen LogP contribution in [0.3, 0.4) is 0 Å². The van der Waals surface area contributed by atoms with Crippen LogP contribution in [0.15, 0.2) is 36.4 Å². The Kier molecular flexibility index (Phi) is 4.16. The molecule has 0 aliphatic heterocycles. The lowest BCUT2D eigenvalue weighted by Gasteiger charge is -2.17. The summed E-state index contributed by atoms with van der Waals surface area (Å²) in [6, 6.07) is 12.2. The average Bonchev–Trinajstić information content (AvgIpc) is 2.90. The number of nitrogens with zero attached hydrogens (tertiary/aromatic N) is 2. The van der Waals surface area contributed by atoms with Crippen LogP contribution in [0.4, 0.5) is 5.82 Å². The molecule has 1 amide bonds. The van der Waals surface area contributed by atoms with Crippen LogP contribution in [0.25, 0.3) is 0 Å². The molecule has 1 unspecified atom stereocenters. The fourth-order valence-corrected chi connectivity index (χ4v) is 3.07. The molecule has 23 heavy (non-hydrogen) atoms. The number of hydrogen-bond donors (Lipinski definition) is 1. The minimum atomic E-state index is -0.0386. The number of amides is 1. The predicted molar refractivity (Wildman–Crippen MR) is 91.5 cm³/mol.